The summed E-state index contributed by atoms with van der Waals surface area (Å²) >= 11 is 0. The number of benzene rings is 2. The Hall–Kier alpha value is -2.50. The molecule has 1 aliphatic rings. The highest BCUT2D eigenvalue weighted by Gasteiger charge is 2.52. The largest absolute Gasteiger partial charge is 0.416 e. The van der Waals surface area contributed by atoms with Crippen molar-refractivity contribution in [2.24, 2.45) is 0 Å². The van der Waals surface area contributed by atoms with Crippen molar-refractivity contribution < 1.29 is 40.7 Å². The lowest BCUT2D eigenvalue weighted by molar-refractivity contribution is -0.137. The molecule has 0 saturated carbocycles. The van der Waals surface area contributed by atoms with Crippen LogP contribution in [-0.4, -0.2) is 37.5 Å². The molecule has 2 aromatic rings. The molecule has 0 aliphatic carbocycles. The van der Waals surface area contributed by atoms with Gasteiger partial charge >= 0.3 is 6.18 Å². The second-order valence-corrected chi connectivity index (χ2v) is 9.03. The Balaban J connectivity index is 1.98. The van der Waals surface area contributed by atoms with Gasteiger partial charge in [-0.05, 0) is 42.7 Å². The fourth-order valence-corrected chi connectivity index (χ4v) is 5.33. The maximum atomic E-state index is 14.2. The van der Waals surface area contributed by atoms with E-state index in [4.69, 9.17) is 9.94 Å². The molecule has 2 aromatic carbocycles. The zero-order chi connectivity index (χ0) is 22.2. The molecule has 1 saturated heterocycles. The third-order valence-electron chi connectivity index (χ3n) is 5.10. The van der Waals surface area contributed by atoms with Crippen LogP contribution >= 0.6 is 0 Å². The second kappa shape index (κ2) is 7.97. The highest BCUT2D eigenvalue weighted by molar-refractivity contribution is 7.93. The van der Waals surface area contributed by atoms with Gasteiger partial charge in [-0.25, -0.2) is 18.3 Å². The number of nitrogens with one attached hydrogen (secondary N) is 1. The highest BCUT2D eigenvalue weighted by Crippen LogP contribution is 2.37. The van der Waals surface area contributed by atoms with Crippen LogP contribution in [0.2, 0.25) is 0 Å². The minimum absolute atomic E-state index is 0.00149. The summed E-state index contributed by atoms with van der Waals surface area (Å²) in [6, 6.07) is 6.81. The number of halogens is 4. The molecule has 3 rings (SSSR count). The third kappa shape index (κ3) is 3.80. The number of amides is 1. The van der Waals surface area contributed by atoms with E-state index in [1.54, 1.807) is 0 Å². The summed E-state index contributed by atoms with van der Waals surface area (Å²) in [5, 5.41) is 9.04. The van der Waals surface area contributed by atoms with Gasteiger partial charge in [0.1, 0.15) is 5.82 Å². The Morgan fingerprint density at radius 3 is 2.17 bits per heavy atom. The maximum Gasteiger partial charge on any atom is 0.416 e. The van der Waals surface area contributed by atoms with Crippen molar-refractivity contribution in [1.82, 2.24) is 5.48 Å². The van der Waals surface area contributed by atoms with E-state index in [9.17, 15) is 30.8 Å². The summed E-state index contributed by atoms with van der Waals surface area (Å²) in [6.45, 7) is 0.00297. The number of hydrogen-bond donors (Lipinski definition) is 2. The Kier molecular flexibility index (Phi) is 5.89. The molecule has 0 spiro atoms. The minimum Gasteiger partial charge on any atom is -0.381 e. The third-order valence-corrected chi connectivity index (χ3v) is 7.62. The van der Waals surface area contributed by atoms with E-state index < -0.39 is 38.0 Å². The molecule has 11 heteroatoms. The summed E-state index contributed by atoms with van der Waals surface area (Å²) in [6.07, 6.45) is -5.03. The van der Waals surface area contributed by atoms with Gasteiger partial charge in [-0.1, -0.05) is 18.2 Å². The maximum absolute atomic E-state index is 14.2. The van der Waals surface area contributed by atoms with E-state index in [1.165, 1.54) is 17.6 Å². The Morgan fingerprint density at radius 1 is 1.07 bits per heavy atom. The van der Waals surface area contributed by atoms with Crippen LogP contribution in [0, 0.1) is 5.82 Å². The van der Waals surface area contributed by atoms with Gasteiger partial charge in [0, 0.05) is 18.8 Å². The number of hydrogen-bond acceptors (Lipinski definition) is 5. The monoisotopic (exact) mass is 447 g/mol. The molecular formula is C19H17F4NO5S. The Morgan fingerprint density at radius 2 is 1.67 bits per heavy atom. The predicted octanol–water partition coefficient (Wildman–Crippen LogP) is 3.34. The quantitative estimate of drug-likeness (QED) is 0.426. The number of rotatable bonds is 4. The first-order valence-electron chi connectivity index (χ1n) is 8.77. The molecule has 0 bridgehead atoms. The van der Waals surface area contributed by atoms with E-state index in [0.29, 0.717) is 6.07 Å². The van der Waals surface area contributed by atoms with Crippen molar-refractivity contribution in [3.63, 3.8) is 0 Å². The number of carbonyl (C=O) groups excluding carboxylic acids is 1. The first kappa shape index (κ1) is 22.2. The second-order valence-electron chi connectivity index (χ2n) is 6.77. The van der Waals surface area contributed by atoms with Crippen LogP contribution in [0.3, 0.4) is 0 Å². The highest BCUT2D eigenvalue weighted by atomic mass is 32.2. The fourth-order valence-electron chi connectivity index (χ4n) is 3.39. The van der Waals surface area contributed by atoms with Crippen molar-refractivity contribution in [2.45, 2.75) is 28.7 Å². The lowest BCUT2D eigenvalue weighted by Crippen LogP contribution is -2.54. The summed E-state index contributed by atoms with van der Waals surface area (Å²) in [5.41, 5.74) is 0.281. The molecule has 0 aromatic heterocycles. The average molecular weight is 447 g/mol. The van der Waals surface area contributed by atoms with Gasteiger partial charge in [-0.15, -0.1) is 0 Å². The number of sulfone groups is 1. The zero-order valence-electron chi connectivity index (χ0n) is 15.4. The smallest absolute Gasteiger partial charge is 0.381 e. The van der Waals surface area contributed by atoms with Crippen LogP contribution < -0.4 is 5.48 Å². The fraction of sp³-hybridized carbons (Fsp3) is 0.316. The molecule has 162 valence electrons. The van der Waals surface area contributed by atoms with Crippen LogP contribution in [0.1, 0.15) is 18.4 Å². The molecular weight excluding hydrogens is 430 g/mol. The predicted molar refractivity (Wildman–Crippen MR) is 96.7 cm³/mol. The zero-order valence-corrected chi connectivity index (χ0v) is 16.2. The lowest BCUT2D eigenvalue weighted by Gasteiger charge is -2.34. The van der Waals surface area contributed by atoms with Gasteiger partial charge in [0.2, 0.25) is 0 Å². The number of ether oxygens (including phenoxy) is 1. The van der Waals surface area contributed by atoms with E-state index in [1.807, 2.05) is 0 Å². The summed E-state index contributed by atoms with van der Waals surface area (Å²) < 4.78 is 81.8. The number of alkyl halides is 3. The van der Waals surface area contributed by atoms with Gasteiger partial charge in [0.05, 0.1) is 10.5 Å². The molecule has 30 heavy (non-hydrogen) atoms. The SMILES string of the molecule is O=C(NO)C1(S(=O)(=O)c2ccc(-c3ccc(C(F)(F)F)cc3F)cc2)CCOCC1. The minimum atomic E-state index is -4.69. The van der Waals surface area contributed by atoms with E-state index >= 15 is 0 Å². The first-order valence-corrected chi connectivity index (χ1v) is 10.3. The van der Waals surface area contributed by atoms with Crippen LogP contribution in [0.4, 0.5) is 17.6 Å². The van der Waals surface area contributed by atoms with Gasteiger partial charge in [0.25, 0.3) is 5.91 Å². The standard InChI is InChI=1S/C19H17F4NO5S/c20-16-11-13(19(21,22)23)3-6-15(16)12-1-4-14(5-2-12)30(27,28)18(17(25)24-26)7-9-29-10-8-18/h1-6,11,26H,7-10H2,(H,24,25). The van der Waals surface area contributed by atoms with Crippen LogP contribution in [0.5, 0.6) is 0 Å². The summed E-state index contributed by atoms with van der Waals surface area (Å²) in [4.78, 5) is 12.0. The molecule has 0 unspecified atom stereocenters. The van der Waals surface area contributed by atoms with E-state index in [2.05, 4.69) is 0 Å². The van der Waals surface area contributed by atoms with Crippen LogP contribution in [0.15, 0.2) is 47.4 Å². The normalized spacial score (nSPS) is 16.8. The molecule has 1 heterocycles. The lowest BCUT2D eigenvalue weighted by atomic mass is 9.98. The molecule has 1 amide bonds. The topological polar surface area (TPSA) is 92.7 Å². The van der Waals surface area contributed by atoms with Gasteiger partial charge in [-0.3, -0.25) is 10.0 Å². The van der Waals surface area contributed by atoms with Crippen LogP contribution in [-0.2, 0) is 25.5 Å². The average Bonchev–Trinajstić information content (AvgIpc) is 2.73. The summed E-state index contributed by atoms with van der Waals surface area (Å²) in [7, 11) is -4.26. The van der Waals surface area contributed by atoms with Crippen molar-refractivity contribution in [3.8, 4) is 11.1 Å². The first-order chi connectivity index (χ1) is 14.0. The van der Waals surface area contributed by atoms with E-state index in [-0.39, 0.29) is 42.1 Å². The van der Waals surface area contributed by atoms with Gasteiger partial charge in [-0.2, -0.15) is 13.2 Å². The molecule has 0 radical (unpaired) electrons. The molecule has 0 atom stereocenters. The van der Waals surface area contributed by atoms with Crippen LogP contribution in [0.25, 0.3) is 11.1 Å². The Bertz CT molecular complexity index is 1050. The van der Waals surface area contributed by atoms with Crippen molar-refractivity contribution in [1.29, 1.82) is 0 Å². The number of hydroxylamine groups is 1. The number of carbonyl (C=O) groups is 1. The molecule has 1 fully saturated rings. The Labute approximate surface area is 169 Å². The molecule has 2 N–H and O–H groups in total. The van der Waals surface area contributed by atoms with Crippen molar-refractivity contribution in [2.75, 3.05) is 13.2 Å². The van der Waals surface area contributed by atoms with Gasteiger partial charge in [0.15, 0.2) is 14.6 Å². The van der Waals surface area contributed by atoms with Crippen molar-refractivity contribution >= 4 is 15.7 Å². The van der Waals surface area contributed by atoms with E-state index in [0.717, 1.165) is 24.3 Å². The van der Waals surface area contributed by atoms with Gasteiger partial charge < -0.3 is 4.74 Å². The molecule has 1 aliphatic heterocycles. The van der Waals surface area contributed by atoms with Crippen molar-refractivity contribution in [3.05, 3.63) is 53.8 Å². The molecule has 6 nitrogen and oxygen atoms in total. The summed E-state index contributed by atoms with van der Waals surface area (Å²) in [5.74, 6) is -2.19.